The molecular weight excluding hydrogens is 318 g/mol. The minimum absolute atomic E-state index is 0.223. The van der Waals surface area contributed by atoms with E-state index in [1.807, 2.05) is 13.0 Å². The highest BCUT2D eigenvalue weighted by Crippen LogP contribution is 2.19. The molecule has 1 amide bonds. The topological polar surface area (TPSA) is 72.5 Å². The number of aryl methyl sites for hydroxylation is 1. The summed E-state index contributed by atoms with van der Waals surface area (Å²) in [5.41, 5.74) is 2.17. The first-order chi connectivity index (χ1) is 11.9. The van der Waals surface area contributed by atoms with Crippen LogP contribution in [0.2, 0.25) is 0 Å². The van der Waals surface area contributed by atoms with Crippen molar-refractivity contribution in [3.8, 4) is 0 Å². The van der Waals surface area contributed by atoms with Crippen LogP contribution in [0, 0.1) is 6.92 Å². The van der Waals surface area contributed by atoms with Crippen LogP contribution in [0.5, 0.6) is 0 Å². The molecular formula is C20H21NO4. The predicted molar refractivity (Wildman–Crippen MR) is 95.7 cm³/mol. The van der Waals surface area contributed by atoms with Crippen LogP contribution in [-0.2, 0) is 9.53 Å². The molecule has 0 radical (unpaired) electrons. The van der Waals surface area contributed by atoms with Gasteiger partial charge in [-0.1, -0.05) is 43.3 Å². The Bertz CT molecular complexity index is 784. The number of anilines is 1. The van der Waals surface area contributed by atoms with Gasteiger partial charge in [-0.15, -0.1) is 0 Å². The van der Waals surface area contributed by atoms with Gasteiger partial charge in [0, 0.05) is 18.2 Å². The van der Waals surface area contributed by atoms with E-state index in [1.54, 1.807) is 49.4 Å². The molecule has 1 unspecified atom stereocenters. The normalized spacial score (nSPS) is 11.5. The molecule has 2 rings (SSSR count). The van der Waals surface area contributed by atoms with Crippen molar-refractivity contribution in [2.24, 2.45) is 0 Å². The van der Waals surface area contributed by atoms with Crippen LogP contribution in [0.3, 0.4) is 0 Å². The third kappa shape index (κ3) is 4.76. The van der Waals surface area contributed by atoms with Gasteiger partial charge < -0.3 is 10.1 Å². The Labute approximate surface area is 147 Å². The lowest BCUT2D eigenvalue weighted by Gasteiger charge is -2.16. The second-order valence-corrected chi connectivity index (χ2v) is 5.74. The number of nitrogens with one attached hydrogen (secondary N) is 1. The largest absolute Gasteiger partial charge is 0.450 e. The Morgan fingerprint density at radius 3 is 2.32 bits per heavy atom. The van der Waals surface area contributed by atoms with Gasteiger partial charge in [-0.3, -0.25) is 9.59 Å². The summed E-state index contributed by atoms with van der Waals surface area (Å²) in [4.78, 5) is 36.1. The summed E-state index contributed by atoms with van der Waals surface area (Å²) in [6.45, 7) is 5.01. The lowest BCUT2D eigenvalue weighted by molar-refractivity contribution is -0.114. The van der Waals surface area contributed by atoms with E-state index in [2.05, 4.69) is 5.32 Å². The van der Waals surface area contributed by atoms with Gasteiger partial charge in [0.25, 0.3) is 0 Å². The average Bonchev–Trinajstić information content (AvgIpc) is 2.61. The van der Waals surface area contributed by atoms with Crippen molar-refractivity contribution in [2.75, 3.05) is 5.32 Å². The van der Waals surface area contributed by atoms with Crippen molar-refractivity contribution < 1.29 is 19.1 Å². The number of esters is 1. The summed E-state index contributed by atoms with van der Waals surface area (Å²) in [5, 5.41) is 2.67. The zero-order valence-corrected chi connectivity index (χ0v) is 14.5. The smallest absolute Gasteiger partial charge is 0.338 e. The van der Waals surface area contributed by atoms with Gasteiger partial charge in [0.05, 0.1) is 5.56 Å². The molecule has 0 saturated heterocycles. The van der Waals surface area contributed by atoms with Crippen molar-refractivity contribution in [1.82, 2.24) is 0 Å². The molecule has 0 aromatic heterocycles. The van der Waals surface area contributed by atoms with Crippen LogP contribution in [0.4, 0.5) is 5.69 Å². The number of rotatable bonds is 6. The van der Waals surface area contributed by atoms with Crippen LogP contribution >= 0.6 is 0 Å². The fraction of sp³-hybridized carbons (Fsp3) is 0.250. The lowest BCUT2D eigenvalue weighted by atomic mass is 10.0. The molecule has 0 bridgehead atoms. The van der Waals surface area contributed by atoms with Crippen molar-refractivity contribution in [3.05, 3.63) is 65.2 Å². The molecule has 5 heteroatoms. The van der Waals surface area contributed by atoms with Gasteiger partial charge >= 0.3 is 5.97 Å². The summed E-state index contributed by atoms with van der Waals surface area (Å²) in [7, 11) is 0. The number of carbonyl (C=O) groups is 3. The molecule has 2 aromatic carbocycles. The number of hydrogen-bond acceptors (Lipinski definition) is 4. The van der Waals surface area contributed by atoms with E-state index < -0.39 is 12.1 Å². The van der Waals surface area contributed by atoms with Gasteiger partial charge in [0.1, 0.15) is 0 Å². The Morgan fingerprint density at radius 1 is 1.04 bits per heavy atom. The summed E-state index contributed by atoms with van der Waals surface area (Å²) in [5.74, 6) is -1.05. The molecule has 0 aliphatic heterocycles. The predicted octanol–water partition coefficient (Wildman–Crippen LogP) is 3.77. The van der Waals surface area contributed by atoms with E-state index >= 15 is 0 Å². The highest BCUT2D eigenvalue weighted by atomic mass is 16.5. The quantitative estimate of drug-likeness (QED) is 0.642. The molecule has 0 fully saturated rings. The first-order valence-corrected chi connectivity index (χ1v) is 8.10. The third-order valence-electron chi connectivity index (χ3n) is 3.75. The van der Waals surface area contributed by atoms with Crippen LogP contribution in [0.15, 0.2) is 48.5 Å². The van der Waals surface area contributed by atoms with Gasteiger partial charge in [0.15, 0.2) is 6.10 Å². The second-order valence-electron chi connectivity index (χ2n) is 5.74. The molecule has 1 atom stereocenters. The number of hydrogen-bond donors (Lipinski definition) is 1. The third-order valence-corrected chi connectivity index (χ3v) is 3.75. The fourth-order valence-electron chi connectivity index (χ4n) is 2.38. The van der Waals surface area contributed by atoms with Crippen molar-refractivity contribution in [2.45, 2.75) is 33.3 Å². The Hall–Kier alpha value is -2.95. The zero-order valence-electron chi connectivity index (χ0n) is 14.5. The maximum Gasteiger partial charge on any atom is 0.338 e. The van der Waals surface area contributed by atoms with Crippen LogP contribution in [0.1, 0.15) is 46.5 Å². The van der Waals surface area contributed by atoms with E-state index in [0.29, 0.717) is 17.7 Å². The Morgan fingerprint density at radius 2 is 1.72 bits per heavy atom. The molecule has 0 spiro atoms. The highest BCUT2D eigenvalue weighted by molar-refractivity contribution is 6.02. The molecule has 130 valence electrons. The maximum atomic E-state index is 12.5. The molecule has 1 N–H and O–H groups in total. The molecule has 25 heavy (non-hydrogen) atoms. The van der Waals surface area contributed by atoms with Gasteiger partial charge in [-0.2, -0.15) is 0 Å². The SMILES string of the molecule is CCC(OC(=O)c1ccc(C)c(NC(C)=O)c1)C(=O)c1ccccc1. The maximum absolute atomic E-state index is 12.5. The van der Waals surface area contributed by atoms with Crippen molar-refractivity contribution in [3.63, 3.8) is 0 Å². The van der Waals surface area contributed by atoms with E-state index in [4.69, 9.17) is 4.74 Å². The zero-order chi connectivity index (χ0) is 18.4. The van der Waals surface area contributed by atoms with Crippen LogP contribution < -0.4 is 5.32 Å². The number of ether oxygens (including phenoxy) is 1. The van der Waals surface area contributed by atoms with Gasteiger partial charge in [-0.05, 0) is 31.0 Å². The summed E-state index contributed by atoms with van der Waals surface area (Å²) in [6.07, 6.45) is -0.468. The number of benzene rings is 2. The molecule has 0 saturated carbocycles. The Balaban J connectivity index is 2.17. The van der Waals surface area contributed by atoms with Gasteiger partial charge in [0.2, 0.25) is 11.7 Å². The Kier molecular flexibility index (Phi) is 6.06. The number of amides is 1. The monoisotopic (exact) mass is 339 g/mol. The highest BCUT2D eigenvalue weighted by Gasteiger charge is 2.23. The minimum Gasteiger partial charge on any atom is -0.450 e. The van der Waals surface area contributed by atoms with Crippen LogP contribution in [-0.4, -0.2) is 23.8 Å². The molecule has 2 aromatic rings. The minimum atomic E-state index is -0.847. The second kappa shape index (κ2) is 8.24. The number of ketones is 1. The van der Waals surface area contributed by atoms with Crippen molar-refractivity contribution in [1.29, 1.82) is 0 Å². The number of Topliss-reactive ketones (excluding diaryl/α,β-unsaturated/α-hetero) is 1. The molecule has 0 aliphatic rings. The van der Waals surface area contributed by atoms with E-state index in [9.17, 15) is 14.4 Å². The van der Waals surface area contributed by atoms with Gasteiger partial charge in [-0.25, -0.2) is 4.79 Å². The van der Waals surface area contributed by atoms with Crippen LogP contribution in [0.25, 0.3) is 0 Å². The summed E-state index contributed by atoms with van der Waals surface area (Å²) >= 11 is 0. The average molecular weight is 339 g/mol. The summed E-state index contributed by atoms with van der Waals surface area (Å²) < 4.78 is 5.40. The molecule has 0 heterocycles. The van der Waals surface area contributed by atoms with E-state index in [-0.39, 0.29) is 17.3 Å². The van der Waals surface area contributed by atoms with E-state index in [0.717, 1.165) is 5.56 Å². The molecule has 0 aliphatic carbocycles. The standard InChI is InChI=1S/C20H21NO4/c1-4-18(19(23)15-8-6-5-7-9-15)25-20(24)16-11-10-13(2)17(12-16)21-14(3)22/h5-12,18H,4H2,1-3H3,(H,21,22). The first kappa shape index (κ1) is 18.4. The first-order valence-electron chi connectivity index (χ1n) is 8.10. The number of carbonyl (C=O) groups excluding carboxylic acids is 3. The molecule has 5 nitrogen and oxygen atoms in total. The lowest BCUT2D eigenvalue weighted by Crippen LogP contribution is -2.27. The summed E-state index contributed by atoms with van der Waals surface area (Å²) in [6, 6.07) is 13.6. The van der Waals surface area contributed by atoms with E-state index in [1.165, 1.54) is 6.92 Å². The van der Waals surface area contributed by atoms with Crippen molar-refractivity contribution >= 4 is 23.3 Å². The fourth-order valence-corrected chi connectivity index (χ4v) is 2.38.